The molecular formula is C32H32N3O7+. The monoisotopic (exact) mass is 570 g/mol. The van der Waals surface area contributed by atoms with E-state index in [1.807, 2.05) is 36.6 Å². The van der Waals surface area contributed by atoms with Crippen molar-refractivity contribution in [2.75, 3.05) is 20.6 Å². The van der Waals surface area contributed by atoms with Gasteiger partial charge in [0.25, 0.3) is 5.91 Å². The molecule has 0 spiro atoms. The fourth-order valence-electron chi connectivity index (χ4n) is 7.10. The Hall–Kier alpha value is -4.54. The van der Waals surface area contributed by atoms with E-state index in [4.69, 9.17) is 5.73 Å². The maximum atomic E-state index is 14.0. The Morgan fingerprint density at radius 2 is 1.81 bits per heavy atom. The van der Waals surface area contributed by atoms with Crippen LogP contribution in [0.25, 0.3) is 16.9 Å². The molecule has 10 heteroatoms. The SMILES string of the molecule is CN(C)C1C(=O)C(C(N)=O)=C(O)C2(O)C(=O)C3=C(O)c4c(O)ccc(-c5ccc(C[N+]6=CC=CC6)cc5)c4CC3CC12. The molecule has 2 aromatic rings. The molecule has 0 aromatic heterocycles. The van der Waals surface area contributed by atoms with Gasteiger partial charge in [0.2, 0.25) is 5.78 Å². The fraction of sp³-hybridized carbons (Fsp3) is 0.312. The molecule has 216 valence electrons. The molecule has 0 radical (unpaired) electrons. The van der Waals surface area contributed by atoms with Gasteiger partial charge in [-0.25, -0.2) is 4.58 Å². The largest absolute Gasteiger partial charge is 0.508 e. The zero-order valence-electron chi connectivity index (χ0n) is 23.2. The highest BCUT2D eigenvalue weighted by molar-refractivity contribution is 6.24. The van der Waals surface area contributed by atoms with E-state index in [-0.39, 0.29) is 29.7 Å². The molecule has 10 nitrogen and oxygen atoms in total. The number of Topliss-reactive ketones (excluding diaryl/α,β-unsaturated/α-hetero) is 2. The second-order valence-corrected chi connectivity index (χ2v) is 11.7. The van der Waals surface area contributed by atoms with Crippen LogP contribution in [0.1, 0.15) is 23.1 Å². The first-order valence-electron chi connectivity index (χ1n) is 13.8. The molecule has 4 atom stereocenters. The molecule has 2 aromatic carbocycles. The number of phenols is 1. The van der Waals surface area contributed by atoms with Crippen LogP contribution >= 0.6 is 0 Å². The summed E-state index contributed by atoms with van der Waals surface area (Å²) in [4.78, 5) is 40.9. The van der Waals surface area contributed by atoms with Gasteiger partial charge in [0.1, 0.15) is 22.8 Å². The van der Waals surface area contributed by atoms with Gasteiger partial charge in [-0.3, -0.25) is 19.3 Å². The summed E-state index contributed by atoms with van der Waals surface area (Å²) in [7, 11) is 3.15. The smallest absolute Gasteiger partial charge is 0.255 e. The second kappa shape index (κ2) is 9.78. The summed E-state index contributed by atoms with van der Waals surface area (Å²) in [6, 6.07) is 10.1. The molecule has 6 rings (SSSR count). The van der Waals surface area contributed by atoms with Gasteiger partial charge in [0, 0.05) is 23.1 Å². The Morgan fingerprint density at radius 1 is 1.10 bits per heavy atom. The third-order valence-corrected chi connectivity index (χ3v) is 9.03. The normalized spacial score (nSPS) is 26.8. The Balaban J connectivity index is 1.45. The standard InChI is InChI=1S/C32H31N3O7/c1-34(2)26-21-14-18-13-20-19(17-7-5-16(6-8-17)15-35-11-3-4-12-35)9-10-22(36)24(20)27(37)23(18)29(39)32(21,42)30(40)25(28(26)38)31(33)41/h3-11,18,21,26,42H,12-15H2,1-2H3,(H4-,33,36,37,38,39,40,41)/p+1. The Kier molecular flexibility index (Phi) is 6.43. The van der Waals surface area contributed by atoms with Crippen molar-refractivity contribution in [1.29, 1.82) is 0 Å². The Morgan fingerprint density at radius 3 is 2.43 bits per heavy atom. The first kappa shape index (κ1) is 27.6. The van der Waals surface area contributed by atoms with Crippen LogP contribution < -0.4 is 5.73 Å². The molecule has 1 heterocycles. The fourth-order valence-corrected chi connectivity index (χ4v) is 7.10. The van der Waals surface area contributed by atoms with Crippen LogP contribution in [0.3, 0.4) is 0 Å². The van der Waals surface area contributed by atoms with Crippen LogP contribution in [0.15, 0.2) is 65.5 Å². The van der Waals surface area contributed by atoms with Crippen LogP contribution in [-0.4, -0.2) is 85.9 Å². The van der Waals surface area contributed by atoms with Gasteiger partial charge in [-0.2, -0.15) is 0 Å². The van der Waals surface area contributed by atoms with Crippen LogP contribution in [0, 0.1) is 11.8 Å². The molecule has 4 aliphatic rings. The Labute approximate surface area is 242 Å². The van der Waals surface area contributed by atoms with Crippen molar-refractivity contribution < 1.29 is 39.4 Å². The molecule has 6 N–H and O–H groups in total. The van der Waals surface area contributed by atoms with Crippen LogP contribution in [0.2, 0.25) is 0 Å². The number of aromatic hydroxyl groups is 1. The number of amides is 1. The third kappa shape index (κ3) is 3.93. The number of primary amides is 1. The summed E-state index contributed by atoms with van der Waals surface area (Å²) in [6.45, 7) is 1.61. The number of hydrogen-bond acceptors (Lipinski definition) is 8. The first-order chi connectivity index (χ1) is 19.9. The molecule has 1 aliphatic heterocycles. The van der Waals surface area contributed by atoms with E-state index >= 15 is 0 Å². The number of likely N-dealkylation sites (N-methyl/N-ethyl adjacent to an activating group) is 1. The van der Waals surface area contributed by atoms with Crippen LogP contribution in [0.4, 0.5) is 0 Å². The van der Waals surface area contributed by atoms with E-state index in [0.29, 0.717) is 5.56 Å². The summed E-state index contributed by atoms with van der Waals surface area (Å²) >= 11 is 0. The van der Waals surface area contributed by atoms with Gasteiger partial charge in [-0.15, -0.1) is 0 Å². The van der Waals surface area contributed by atoms with E-state index in [1.54, 1.807) is 20.2 Å². The lowest BCUT2D eigenvalue weighted by molar-refractivity contribution is -0.525. The molecule has 1 amide bonds. The lowest BCUT2D eigenvalue weighted by atomic mass is 9.57. The molecule has 3 aliphatic carbocycles. The van der Waals surface area contributed by atoms with Crippen molar-refractivity contribution >= 4 is 29.4 Å². The minimum Gasteiger partial charge on any atom is -0.508 e. The predicted octanol–water partition coefficient (Wildman–Crippen LogP) is 1.78. The van der Waals surface area contributed by atoms with Gasteiger partial charge >= 0.3 is 0 Å². The Bertz CT molecular complexity index is 1680. The highest BCUT2D eigenvalue weighted by Crippen LogP contribution is 2.53. The van der Waals surface area contributed by atoms with E-state index in [2.05, 4.69) is 10.7 Å². The second-order valence-electron chi connectivity index (χ2n) is 11.7. The lowest BCUT2D eigenvalue weighted by Crippen LogP contribution is -2.65. The topological polar surface area (TPSA) is 164 Å². The number of carbonyl (C=O) groups is 3. The molecule has 1 saturated carbocycles. The van der Waals surface area contributed by atoms with Crippen molar-refractivity contribution in [1.82, 2.24) is 4.90 Å². The van der Waals surface area contributed by atoms with Gasteiger partial charge in [-0.05, 0) is 61.7 Å². The lowest BCUT2D eigenvalue weighted by Gasteiger charge is -2.50. The predicted molar refractivity (Wildman–Crippen MR) is 154 cm³/mol. The zero-order chi connectivity index (χ0) is 30.1. The van der Waals surface area contributed by atoms with Crippen molar-refractivity contribution in [3.05, 3.63) is 82.1 Å². The maximum Gasteiger partial charge on any atom is 0.255 e. The van der Waals surface area contributed by atoms with Crippen LogP contribution in [0.5, 0.6) is 5.75 Å². The summed E-state index contributed by atoms with van der Waals surface area (Å²) < 4.78 is 2.18. The number of nitrogens with two attached hydrogens (primary N) is 1. The van der Waals surface area contributed by atoms with Gasteiger partial charge in [0.15, 0.2) is 30.7 Å². The number of carbonyl (C=O) groups excluding carboxylic acids is 3. The number of aliphatic hydroxyl groups is 3. The number of benzene rings is 2. The number of ketones is 2. The molecular weight excluding hydrogens is 538 g/mol. The summed E-state index contributed by atoms with van der Waals surface area (Å²) in [5, 5.41) is 45.0. The van der Waals surface area contributed by atoms with E-state index in [0.717, 1.165) is 29.8 Å². The molecule has 4 unspecified atom stereocenters. The average Bonchev–Trinajstić information content (AvgIpc) is 3.44. The number of allylic oxidation sites excluding steroid dienone is 1. The highest BCUT2D eigenvalue weighted by atomic mass is 16.3. The molecule has 0 saturated heterocycles. The van der Waals surface area contributed by atoms with Gasteiger partial charge < -0.3 is 26.2 Å². The minimum absolute atomic E-state index is 0.0418. The first-order valence-corrected chi connectivity index (χ1v) is 13.8. The number of nitrogens with zero attached hydrogens (tertiary/aromatic N) is 2. The average molecular weight is 571 g/mol. The molecule has 0 bridgehead atoms. The number of fused-ring (bicyclic) bond motifs is 3. The number of phenolic OH excluding ortho intramolecular Hbond substituents is 1. The quantitative estimate of drug-likeness (QED) is 0.268. The summed E-state index contributed by atoms with van der Waals surface area (Å²) in [5.74, 6) is -6.65. The maximum absolute atomic E-state index is 14.0. The van der Waals surface area contributed by atoms with Crippen molar-refractivity contribution in [3.8, 4) is 16.9 Å². The highest BCUT2D eigenvalue weighted by Gasteiger charge is 2.64. The van der Waals surface area contributed by atoms with E-state index < -0.39 is 58.0 Å². The van der Waals surface area contributed by atoms with Crippen LogP contribution in [-0.2, 0) is 27.3 Å². The molecule has 42 heavy (non-hydrogen) atoms. The van der Waals surface area contributed by atoms with Gasteiger partial charge in [0.05, 0.1) is 11.6 Å². The van der Waals surface area contributed by atoms with Crippen molar-refractivity contribution in [3.63, 3.8) is 0 Å². The van der Waals surface area contributed by atoms with E-state index in [9.17, 15) is 34.8 Å². The number of rotatable bonds is 5. The minimum atomic E-state index is -2.66. The third-order valence-electron chi connectivity index (χ3n) is 9.03. The summed E-state index contributed by atoms with van der Waals surface area (Å²) in [5.41, 5.74) is 5.18. The van der Waals surface area contributed by atoms with Gasteiger partial charge in [-0.1, -0.05) is 30.3 Å². The summed E-state index contributed by atoms with van der Waals surface area (Å²) in [6.07, 6.45) is 6.41. The van der Waals surface area contributed by atoms with Crippen molar-refractivity contribution in [2.45, 2.75) is 31.0 Å². The van der Waals surface area contributed by atoms with Crippen molar-refractivity contribution in [2.24, 2.45) is 17.6 Å². The number of hydrogen-bond donors (Lipinski definition) is 5. The number of aliphatic hydroxyl groups excluding tert-OH is 2. The zero-order valence-corrected chi connectivity index (χ0v) is 23.2. The molecule has 1 fully saturated rings. The van der Waals surface area contributed by atoms with E-state index in [1.165, 1.54) is 11.0 Å².